The predicted molar refractivity (Wildman–Crippen MR) is 41.4 cm³/mol. The van der Waals surface area contributed by atoms with Crippen molar-refractivity contribution in [3.05, 3.63) is 0 Å². The summed E-state index contributed by atoms with van der Waals surface area (Å²) in [4.78, 5) is 9.86. The molecule has 0 N–H and O–H groups in total. The molecule has 0 saturated carbocycles. The van der Waals surface area contributed by atoms with Gasteiger partial charge in [-0.05, 0) is 6.04 Å². The second-order valence-corrected chi connectivity index (χ2v) is 8.46. The molecule has 0 atom stereocenters. The fourth-order valence-electron chi connectivity index (χ4n) is 0.250. The van der Waals surface area contributed by atoms with Gasteiger partial charge < -0.3 is 4.79 Å². The average molecular weight is 124 g/mol. The van der Waals surface area contributed by atoms with Crippen LogP contribution in [0.3, 0.4) is 0 Å². The van der Waals surface area contributed by atoms with E-state index >= 15 is 0 Å². The van der Waals surface area contributed by atoms with Gasteiger partial charge in [0.05, 0.1) is 8.07 Å². The summed E-state index contributed by atoms with van der Waals surface area (Å²) in [6, 6.07) is 0.799. The van der Waals surface area contributed by atoms with E-state index in [0.29, 0.717) is 0 Å². The summed E-state index contributed by atoms with van der Waals surface area (Å²) in [5.41, 5.74) is 0. The van der Waals surface area contributed by atoms with E-state index in [4.69, 9.17) is 0 Å². The van der Waals surface area contributed by atoms with Crippen molar-refractivity contribution in [3.8, 4) is 0 Å². The van der Waals surface area contributed by atoms with Crippen LogP contribution in [-0.2, 0) is 4.79 Å². The molecule has 0 aromatic rings. The molecule has 0 aliphatic rings. The Bertz CT molecular complexity index is 67.3. The molecule has 0 aromatic heterocycles. The average Bonchev–Trinajstić information content (AvgIpc) is 1.30. The van der Waals surface area contributed by atoms with E-state index in [-0.39, 0.29) is 18.9 Å². The van der Waals surface area contributed by atoms with E-state index in [0.717, 1.165) is 12.3 Å². The third kappa shape index (κ3) is 9.70. The summed E-state index contributed by atoms with van der Waals surface area (Å²) in [6.07, 6.45) is 1.02. The Hall–Kier alpha value is 0.484. The molecule has 0 aliphatic carbocycles. The van der Waals surface area contributed by atoms with Gasteiger partial charge in [0, 0.05) is 0 Å². The molecule has 0 spiro atoms. The number of hydrogen-bond donors (Lipinski definition) is 0. The fraction of sp³-hybridized carbons (Fsp3) is 0.800. The first-order valence-corrected chi connectivity index (χ1v) is 6.20. The summed E-state index contributed by atoms with van der Waals surface area (Å²) in [6.45, 7) is 6.55. The Morgan fingerprint density at radius 1 is 1.38 bits per heavy atom. The Morgan fingerprint density at radius 2 is 1.75 bits per heavy atom. The first kappa shape index (κ1) is 11.3. The molecule has 0 aliphatic heterocycles. The van der Waals surface area contributed by atoms with Crippen molar-refractivity contribution in [2.45, 2.75) is 25.7 Å². The molecule has 0 fully saturated rings. The van der Waals surface area contributed by atoms with Crippen molar-refractivity contribution >= 4 is 33.2 Å². The van der Waals surface area contributed by atoms with E-state index in [9.17, 15) is 4.79 Å². The predicted octanol–water partition coefficient (Wildman–Crippen LogP) is 0.875. The summed E-state index contributed by atoms with van der Waals surface area (Å²) in [5.74, 6) is 0. The Labute approximate surface area is 64.0 Å². The minimum absolute atomic E-state index is 0. The molecular weight excluding hydrogens is 111 g/mol. The van der Waals surface area contributed by atoms with Gasteiger partial charge in [0.15, 0.2) is 0 Å². The zero-order valence-electron chi connectivity index (χ0n) is 5.19. The van der Waals surface area contributed by atoms with Crippen LogP contribution in [0.25, 0.3) is 0 Å². The number of carbonyl (C=O) groups is 1. The topological polar surface area (TPSA) is 17.1 Å². The van der Waals surface area contributed by atoms with Crippen LogP contribution >= 0.6 is 0 Å². The Morgan fingerprint density at radius 3 is 1.75 bits per heavy atom. The number of aldehydes is 1. The molecule has 1 nitrogen and oxygen atoms in total. The van der Waals surface area contributed by atoms with Crippen LogP contribution in [0.5, 0.6) is 0 Å². The molecular formula is C5H13LiOSi. The van der Waals surface area contributed by atoms with E-state index in [1.165, 1.54) is 0 Å². The van der Waals surface area contributed by atoms with Crippen molar-refractivity contribution in [2.24, 2.45) is 0 Å². The van der Waals surface area contributed by atoms with Crippen LogP contribution < -0.4 is 0 Å². The first-order chi connectivity index (χ1) is 3.06. The third-order valence-corrected chi connectivity index (χ3v) is 2.09. The monoisotopic (exact) mass is 124 g/mol. The van der Waals surface area contributed by atoms with E-state index in [1.807, 2.05) is 0 Å². The molecule has 0 saturated heterocycles. The van der Waals surface area contributed by atoms with Gasteiger partial charge in [0.1, 0.15) is 6.29 Å². The Kier molecular flexibility index (Phi) is 6.18. The molecule has 8 heavy (non-hydrogen) atoms. The molecule has 0 rings (SSSR count). The van der Waals surface area contributed by atoms with Gasteiger partial charge in [-0.1, -0.05) is 19.6 Å². The van der Waals surface area contributed by atoms with Crippen molar-refractivity contribution in [3.63, 3.8) is 0 Å². The number of rotatable bonds is 2. The summed E-state index contributed by atoms with van der Waals surface area (Å²) >= 11 is 0. The van der Waals surface area contributed by atoms with Gasteiger partial charge in [-0.3, -0.25) is 0 Å². The van der Waals surface area contributed by atoms with Gasteiger partial charge in [-0.15, -0.1) is 0 Å². The second-order valence-electron chi connectivity index (χ2n) is 2.93. The molecule has 0 bridgehead atoms. The van der Waals surface area contributed by atoms with Crippen molar-refractivity contribution in [1.82, 2.24) is 0 Å². The van der Waals surface area contributed by atoms with Gasteiger partial charge in [0.25, 0.3) is 0 Å². The zero-order chi connectivity index (χ0) is 5.91. The van der Waals surface area contributed by atoms with Crippen LogP contribution in [0.1, 0.15) is 0 Å². The van der Waals surface area contributed by atoms with Crippen molar-refractivity contribution in [2.75, 3.05) is 0 Å². The molecule has 3 heteroatoms. The van der Waals surface area contributed by atoms with Gasteiger partial charge in [-0.2, -0.15) is 0 Å². The van der Waals surface area contributed by atoms with E-state index in [2.05, 4.69) is 19.6 Å². The summed E-state index contributed by atoms with van der Waals surface area (Å²) in [5, 5.41) is 0. The molecule has 44 valence electrons. The molecule has 0 unspecified atom stereocenters. The molecule has 0 aromatic carbocycles. The van der Waals surface area contributed by atoms with Crippen molar-refractivity contribution < 1.29 is 4.79 Å². The zero-order valence-corrected chi connectivity index (χ0v) is 6.19. The SMILES string of the molecule is C[Si](C)(C)CC=O.[LiH]. The molecule has 0 amide bonds. The molecule has 0 radical (unpaired) electrons. The maximum absolute atomic E-state index is 9.86. The van der Waals surface area contributed by atoms with Crippen LogP contribution in [0.15, 0.2) is 0 Å². The van der Waals surface area contributed by atoms with Crippen LogP contribution in [0.4, 0.5) is 0 Å². The van der Waals surface area contributed by atoms with E-state index < -0.39 is 8.07 Å². The molecule has 0 heterocycles. The van der Waals surface area contributed by atoms with Crippen LogP contribution in [0.2, 0.25) is 25.7 Å². The van der Waals surface area contributed by atoms with E-state index in [1.54, 1.807) is 0 Å². The quantitative estimate of drug-likeness (QED) is 0.394. The second kappa shape index (κ2) is 4.37. The first-order valence-electron chi connectivity index (χ1n) is 2.50. The van der Waals surface area contributed by atoms with Crippen LogP contribution in [0, 0.1) is 0 Å². The number of hydrogen-bond acceptors (Lipinski definition) is 1. The third-order valence-electron chi connectivity index (χ3n) is 0.696. The summed E-state index contributed by atoms with van der Waals surface area (Å²) in [7, 11) is -1.03. The normalized spacial score (nSPS) is 9.88. The van der Waals surface area contributed by atoms with Crippen LogP contribution in [-0.4, -0.2) is 33.2 Å². The number of carbonyl (C=O) groups excluding carboxylic acids is 1. The van der Waals surface area contributed by atoms with Gasteiger partial charge in [-0.25, -0.2) is 0 Å². The minimum atomic E-state index is -1.03. The summed E-state index contributed by atoms with van der Waals surface area (Å²) < 4.78 is 0. The Balaban J connectivity index is 0. The van der Waals surface area contributed by atoms with Crippen molar-refractivity contribution in [1.29, 1.82) is 0 Å². The van der Waals surface area contributed by atoms with Gasteiger partial charge >= 0.3 is 18.9 Å². The maximum atomic E-state index is 9.86. The standard InChI is InChI=1S/C5H12OSi.Li.H/c1-7(2,3)5-4-6;;/h4H,5H2,1-3H3;;. The van der Waals surface area contributed by atoms with Gasteiger partial charge in [0.2, 0.25) is 0 Å². The fourth-order valence-corrected chi connectivity index (χ4v) is 0.750.